The molecule has 4 fully saturated rings. The lowest BCUT2D eigenvalue weighted by molar-refractivity contribution is -0.0419. The second-order valence-electron chi connectivity index (χ2n) is 17.1. The van der Waals surface area contributed by atoms with E-state index in [1.165, 1.54) is 93.7 Å². The van der Waals surface area contributed by atoms with Crippen LogP contribution < -0.4 is 26.2 Å². The number of fused-ring (bicyclic) bond motifs is 6. The summed E-state index contributed by atoms with van der Waals surface area (Å²) < 4.78 is 0. The van der Waals surface area contributed by atoms with Gasteiger partial charge in [-0.2, -0.15) is 0 Å². The Morgan fingerprint density at radius 3 is 2.02 bits per heavy atom. The highest BCUT2D eigenvalue weighted by molar-refractivity contribution is 7.00. The Kier molecular flexibility index (Phi) is 5.34. The van der Waals surface area contributed by atoms with E-state index in [-0.39, 0.29) is 17.5 Å². The van der Waals surface area contributed by atoms with Crippen molar-refractivity contribution < 1.29 is 0 Å². The predicted molar refractivity (Wildman–Crippen MR) is 202 cm³/mol. The molecule has 0 radical (unpaired) electrons. The van der Waals surface area contributed by atoms with Crippen LogP contribution in [0.2, 0.25) is 0 Å². The SMILES string of the molecule is Cc1cccc(N2c3cc(C(C)(C)C)ccc3B3c4cccc5c4N(c4ccccc4C54C5CC6CC(C5)CC4C6)c4cccc2c43)c1. The van der Waals surface area contributed by atoms with Crippen molar-refractivity contribution in [1.82, 2.24) is 0 Å². The third-order valence-corrected chi connectivity index (χ3v) is 13.6. The molecule has 48 heavy (non-hydrogen) atoms. The molecule has 1 spiro atoms. The van der Waals surface area contributed by atoms with Crippen LogP contribution >= 0.6 is 0 Å². The summed E-state index contributed by atoms with van der Waals surface area (Å²) in [5, 5.41) is 0. The normalized spacial score (nSPS) is 26.7. The molecule has 0 amide bonds. The number of anilines is 6. The summed E-state index contributed by atoms with van der Waals surface area (Å²) in [4.78, 5) is 5.27. The van der Waals surface area contributed by atoms with Crippen molar-refractivity contribution in [2.75, 3.05) is 9.80 Å². The number of para-hydroxylation sites is 2. The number of benzene rings is 5. The highest BCUT2D eigenvalue weighted by Crippen LogP contribution is 2.69. The largest absolute Gasteiger partial charge is 0.311 e. The topological polar surface area (TPSA) is 6.48 Å². The first-order valence-electron chi connectivity index (χ1n) is 18.5. The third-order valence-electron chi connectivity index (χ3n) is 13.6. The predicted octanol–water partition coefficient (Wildman–Crippen LogP) is 9.43. The summed E-state index contributed by atoms with van der Waals surface area (Å²) in [5.74, 6) is 3.34. The maximum Gasteiger partial charge on any atom is 0.252 e. The van der Waals surface area contributed by atoms with Gasteiger partial charge in [-0.15, -0.1) is 0 Å². The molecule has 4 bridgehead atoms. The van der Waals surface area contributed by atoms with E-state index in [0.717, 1.165) is 23.7 Å². The summed E-state index contributed by atoms with van der Waals surface area (Å²) in [5.41, 5.74) is 18.6. The summed E-state index contributed by atoms with van der Waals surface area (Å²) in [6, 6.07) is 40.7. The molecule has 2 nitrogen and oxygen atoms in total. The zero-order valence-electron chi connectivity index (χ0n) is 28.6. The van der Waals surface area contributed by atoms with Gasteiger partial charge in [-0.05, 0) is 143 Å². The molecule has 0 atom stereocenters. The van der Waals surface area contributed by atoms with Gasteiger partial charge >= 0.3 is 0 Å². The summed E-state index contributed by atoms with van der Waals surface area (Å²) in [7, 11) is 0. The fourth-order valence-electron chi connectivity index (χ4n) is 12.0. The van der Waals surface area contributed by atoms with Gasteiger partial charge in [0.05, 0.1) is 5.69 Å². The monoisotopic (exact) mass is 622 g/mol. The van der Waals surface area contributed by atoms with Crippen LogP contribution in [0.1, 0.15) is 75.1 Å². The van der Waals surface area contributed by atoms with Gasteiger partial charge in [-0.25, -0.2) is 0 Å². The molecular formula is C45H43BN2. The number of aryl methyl sites for hydroxylation is 1. The molecule has 7 aliphatic rings. The molecule has 0 N–H and O–H groups in total. The minimum atomic E-state index is 0.0558. The molecule has 4 aliphatic carbocycles. The van der Waals surface area contributed by atoms with Crippen LogP contribution in [-0.2, 0) is 10.8 Å². The van der Waals surface area contributed by atoms with Crippen LogP contribution in [0, 0.1) is 30.6 Å². The van der Waals surface area contributed by atoms with Crippen molar-refractivity contribution in [2.45, 2.75) is 70.6 Å². The Morgan fingerprint density at radius 1 is 0.604 bits per heavy atom. The van der Waals surface area contributed by atoms with E-state index in [2.05, 4.69) is 141 Å². The van der Waals surface area contributed by atoms with E-state index >= 15 is 0 Å². The molecule has 5 aromatic rings. The first kappa shape index (κ1) is 27.7. The summed E-state index contributed by atoms with van der Waals surface area (Å²) in [6.07, 6.45) is 7.09. The van der Waals surface area contributed by atoms with Crippen LogP contribution in [0.25, 0.3) is 0 Å². The van der Waals surface area contributed by atoms with E-state index in [9.17, 15) is 0 Å². The van der Waals surface area contributed by atoms with E-state index in [1.807, 2.05) is 0 Å². The lowest BCUT2D eigenvalue weighted by Gasteiger charge is -2.64. The van der Waals surface area contributed by atoms with Gasteiger partial charge in [0.25, 0.3) is 6.71 Å². The van der Waals surface area contributed by atoms with Gasteiger partial charge in [0, 0.05) is 33.9 Å². The first-order valence-corrected chi connectivity index (χ1v) is 18.5. The van der Waals surface area contributed by atoms with Crippen molar-refractivity contribution in [2.24, 2.45) is 23.7 Å². The van der Waals surface area contributed by atoms with E-state index in [0.29, 0.717) is 0 Å². The molecule has 3 heteroatoms. The first-order chi connectivity index (χ1) is 23.3. The Labute approximate surface area is 285 Å². The molecule has 0 unspecified atom stereocenters. The number of nitrogens with zero attached hydrogens (tertiary/aromatic N) is 2. The molecular weight excluding hydrogens is 579 g/mol. The maximum absolute atomic E-state index is 2.70. The minimum Gasteiger partial charge on any atom is -0.311 e. The van der Waals surface area contributed by atoms with Gasteiger partial charge in [-0.3, -0.25) is 0 Å². The Hall–Kier alpha value is -4.24. The zero-order valence-corrected chi connectivity index (χ0v) is 28.6. The van der Waals surface area contributed by atoms with Crippen LogP contribution in [0.4, 0.5) is 34.1 Å². The van der Waals surface area contributed by atoms with Gasteiger partial charge in [0.2, 0.25) is 0 Å². The van der Waals surface area contributed by atoms with Gasteiger partial charge < -0.3 is 9.80 Å². The van der Waals surface area contributed by atoms with Crippen LogP contribution in [0.3, 0.4) is 0 Å². The summed E-state index contributed by atoms with van der Waals surface area (Å²) in [6.45, 7) is 9.43. The van der Waals surface area contributed by atoms with Crippen molar-refractivity contribution in [3.63, 3.8) is 0 Å². The van der Waals surface area contributed by atoms with Crippen LogP contribution in [0.5, 0.6) is 0 Å². The fourth-order valence-corrected chi connectivity index (χ4v) is 12.0. The maximum atomic E-state index is 2.70. The Morgan fingerprint density at radius 2 is 1.27 bits per heavy atom. The quantitative estimate of drug-likeness (QED) is 0.168. The molecule has 5 aromatic carbocycles. The highest BCUT2D eigenvalue weighted by Gasteiger charge is 2.62. The van der Waals surface area contributed by atoms with Gasteiger partial charge in [0.15, 0.2) is 0 Å². The van der Waals surface area contributed by atoms with Gasteiger partial charge in [-0.1, -0.05) is 87.5 Å². The molecule has 3 heterocycles. The molecule has 0 aromatic heterocycles. The molecule has 3 aliphatic heterocycles. The van der Waals surface area contributed by atoms with Crippen LogP contribution in [-0.4, -0.2) is 6.71 Å². The van der Waals surface area contributed by atoms with E-state index in [1.54, 1.807) is 11.1 Å². The molecule has 12 rings (SSSR count). The van der Waals surface area contributed by atoms with Crippen molar-refractivity contribution >= 4 is 57.2 Å². The smallest absolute Gasteiger partial charge is 0.252 e. The zero-order chi connectivity index (χ0) is 32.1. The Balaban J connectivity index is 1.23. The minimum absolute atomic E-state index is 0.0558. The third kappa shape index (κ3) is 3.36. The number of hydrogen-bond donors (Lipinski definition) is 0. The lowest BCUT2D eigenvalue weighted by atomic mass is 9.32. The molecule has 4 saturated carbocycles. The highest BCUT2D eigenvalue weighted by atomic mass is 15.2. The van der Waals surface area contributed by atoms with Crippen molar-refractivity contribution in [3.8, 4) is 0 Å². The summed E-state index contributed by atoms with van der Waals surface area (Å²) >= 11 is 0. The van der Waals surface area contributed by atoms with Crippen LogP contribution in [0.15, 0.2) is 103 Å². The van der Waals surface area contributed by atoms with E-state index < -0.39 is 0 Å². The second-order valence-corrected chi connectivity index (χ2v) is 17.1. The average Bonchev–Trinajstić information content (AvgIpc) is 3.08. The standard InChI is InChI=1S/C45H43BN2/c1-27-10-7-11-33(20-27)47-39-16-9-17-40-42(39)46(36-19-18-30(26-41(36)47)44(2,3)4)37-14-8-13-35-43(37)48(40)38-15-6-5-12-34(38)45(35)31-22-28-21-29(24-31)25-32(45)23-28/h5-20,26,28-29,31-32H,21-25H2,1-4H3. The number of hydrogen-bond acceptors (Lipinski definition) is 2. The van der Waals surface area contributed by atoms with Crippen molar-refractivity contribution in [1.29, 1.82) is 0 Å². The lowest BCUT2D eigenvalue weighted by Crippen LogP contribution is -2.64. The van der Waals surface area contributed by atoms with Gasteiger partial charge in [0.1, 0.15) is 0 Å². The molecule has 236 valence electrons. The van der Waals surface area contributed by atoms with Crippen molar-refractivity contribution in [3.05, 3.63) is 125 Å². The molecule has 0 saturated heterocycles. The average molecular weight is 623 g/mol. The fraction of sp³-hybridized carbons (Fsp3) is 0.333. The number of rotatable bonds is 1. The Bertz CT molecular complexity index is 2160. The van der Waals surface area contributed by atoms with E-state index in [4.69, 9.17) is 0 Å². The second kappa shape index (κ2) is 9.26.